The molecule has 13 heteroatoms. The van der Waals surface area contributed by atoms with E-state index in [1.807, 2.05) is 0 Å². The average Bonchev–Trinajstić information content (AvgIpc) is 3.14. The van der Waals surface area contributed by atoms with Crippen LogP contribution in [0.4, 0.5) is 26.3 Å². The third kappa shape index (κ3) is 3.04. The Kier molecular flexibility index (Phi) is 4.26. The number of hydrazone groups is 1. The molecular weight excluding hydrogens is 394 g/mol. The molecule has 0 unspecified atom stereocenters. The molecule has 0 bridgehead atoms. The standard InChI is InChI=1S/C13H11ClF6N4O2/c14-8-9(6-1-2-6)23(22-10(8)12(15,16)17)5-7(25)24-11(26,3-4-21-24)13(18,19)20/h4,6,26H,1-3,5H2/t11-/m0/s1. The predicted molar refractivity (Wildman–Crippen MR) is 75.2 cm³/mol. The molecule has 1 aromatic heterocycles. The van der Waals surface area contributed by atoms with Crippen molar-refractivity contribution in [3.8, 4) is 0 Å². The van der Waals surface area contributed by atoms with Gasteiger partial charge in [0.1, 0.15) is 6.54 Å². The van der Waals surface area contributed by atoms with Crippen LogP contribution in [0.2, 0.25) is 5.02 Å². The van der Waals surface area contributed by atoms with Gasteiger partial charge in [-0.25, -0.2) is 0 Å². The summed E-state index contributed by atoms with van der Waals surface area (Å²) in [5.41, 5.74) is -5.02. The van der Waals surface area contributed by atoms with E-state index < -0.39 is 47.7 Å². The summed E-state index contributed by atoms with van der Waals surface area (Å²) in [6, 6.07) is 0. The summed E-state index contributed by atoms with van der Waals surface area (Å²) in [6.07, 6.45) is -9.32. The molecule has 0 spiro atoms. The van der Waals surface area contributed by atoms with Gasteiger partial charge in [0.25, 0.3) is 11.6 Å². The molecule has 1 amide bonds. The van der Waals surface area contributed by atoms with E-state index in [1.165, 1.54) is 0 Å². The quantitative estimate of drug-likeness (QED) is 0.788. The first-order chi connectivity index (χ1) is 11.9. The van der Waals surface area contributed by atoms with E-state index in [-0.39, 0.29) is 16.6 Å². The maximum atomic E-state index is 13.0. The number of alkyl halides is 6. The molecule has 1 N–H and O–H groups in total. The van der Waals surface area contributed by atoms with Gasteiger partial charge in [-0.2, -0.15) is 41.6 Å². The maximum Gasteiger partial charge on any atom is 0.438 e. The van der Waals surface area contributed by atoms with Gasteiger partial charge in [0.05, 0.1) is 10.7 Å². The van der Waals surface area contributed by atoms with Crippen molar-refractivity contribution in [3.05, 3.63) is 16.4 Å². The molecule has 26 heavy (non-hydrogen) atoms. The van der Waals surface area contributed by atoms with Crippen LogP contribution in [0.15, 0.2) is 5.10 Å². The van der Waals surface area contributed by atoms with Crippen LogP contribution in [-0.2, 0) is 17.5 Å². The summed E-state index contributed by atoms with van der Waals surface area (Å²) in [5.74, 6) is -1.73. The molecular formula is C13H11ClF6N4O2. The van der Waals surface area contributed by atoms with Gasteiger partial charge in [0.2, 0.25) is 0 Å². The second kappa shape index (κ2) is 5.84. The normalized spacial score (nSPS) is 23.8. The second-order valence-corrected chi connectivity index (χ2v) is 6.38. The number of aliphatic hydroxyl groups is 1. The van der Waals surface area contributed by atoms with Crippen LogP contribution in [0.25, 0.3) is 0 Å². The number of amides is 1. The number of nitrogens with zero attached hydrogens (tertiary/aromatic N) is 4. The van der Waals surface area contributed by atoms with Crippen LogP contribution in [0.5, 0.6) is 0 Å². The van der Waals surface area contributed by atoms with Gasteiger partial charge >= 0.3 is 12.4 Å². The first-order valence-corrected chi connectivity index (χ1v) is 7.72. The lowest BCUT2D eigenvalue weighted by atomic mass is 10.1. The molecule has 1 saturated carbocycles. The Balaban J connectivity index is 1.92. The number of carbonyl (C=O) groups excluding carboxylic acids is 1. The molecule has 1 aromatic rings. The number of hydrogen-bond acceptors (Lipinski definition) is 4. The van der Waals surface area contributed by atoms with Crippen LogP contribution in [0.3, 0.4) is 0 Å². The first-order valence-electron chi connectivity index (χ1n) is 7.34. The van der Waals surface area contributed by atoms with E-state index in [0.29, 0.717) is 23.7 Å². The largest absolute Gasteiger partial charge is 0.438 e. The zero-order valence-corrected chi connectivity index (χ0v) is 13.5. The van der Waals surface area contributed by atoms with Crippen molar-refractivity contribution in [1.29, 1.82) is 0 Å². The van der Waals surface area contributed by atoms with Gasteiger partial charge in [-0.05, 0) is 12.8 Å². The number of rotatable bonds is 3. The second-order valence-electron chi connectivity index (χ2n) is 6.00. The maximum absolute atomic E-state index is 13.0. The van der Waals surface area contributed by atoms with Crippen molar-refractivity contribution in [2.75, 3.05) is 0 Å². The van der Waals surface area contributed by atoms with Gasteiger partial charge < -0.3 is 5.11 Å². The Hall–Kier alpha value is -1.82. The number of hydrogen-bond donors (Lipinski definition) is 1. The fourth-order valence-corrected chi connectivity index (χ4v) is 3.03. The summed E-state index contributed by atoms with van der Waals surface area (Å²) in [6.45, 7) is -0.975. The Bertz CT molecular complexity index is 770. The van der Waals surface area contributed by atoms with Crippen LogP contribution in [0.1, 0.15) is 36.6 Å². The van der Waals surface area contributed by atoms with E-state index in [9.17, 15) is 36.2 Å². The minimum Gasteiger partial charge on any atom is -0.362 e. The van der Waals surface area contributed by atoms with Gasteiger partial charge in [0, 0.05) is 18.6 Å². The summed E-state index contributed by atoms with van der Waals surface area (Å²) in [7, 11) is 0. The van der Waals surface area contributed by atoms with Crippen molar-refractivity contribution < 1.29 is 36.2 Å². The van der Waals surface area contributed by atoms with E-state index in [2.05, 4.69) is 10.2 Å². The van der Waals surface area contributed by atoms with E-state index >= 15 is 0 Å². The van der Waals surface area contributed by atoms with Gasteiger partial charge in [0.15, 0.2) is 5.69 Å². The molecule has 0 aromatic carbocycles. The molecule has 1 aliphatic carbocycles. The highest BCUT2D eigenvalue weighted by molar-refractivity contribution is 6.32. The van der Waals surface area contributed by atoms with Crippen molar-refractivity contribution in [2.45, 2.75) is 49.8 Å². The number of halogens is 7. The molecule has 2 heterocycles. The zero-order valence-electron chi connectivity index (χ0n) is 12.8. The van der Waals surface area contributed by atoms with E-state index in [0.717, 1.165) is 0 Å². The van der Waals surface area contributed by atoms with Crippen LogP contribution >= 0.6 is 11.6 Å². The Labute approximate surface area is 147 Å². The summed E-state index contributed by atoms with van der Waals surface area (Å²) in [5, 5.41) is 15.3. The highest BCUT2D eigenvalue weighted by Crippen LogP contribution is 2.47. The van der Waals surface area contributed by atoms with Crippen molar-refractivity contribution in [1.82, 2.24) is 14.8 Å². The lowest BCUT2D eigenvalue weighted by molar-refractivity contribution is -0.302. The first kappa shape index (κ1) is 19.0. The lowest BCUT2D eigenvalue weighted by Crippen LogP contribution is -2.57. The van der Waals surface area contributed by atoms with Gasteiger partial charge in [-0.15, -0.1) is 0 Å². The van der Waals surface area contributed by atoms with E-state index in [1.54, 1.807) is 0 Å². The molecule has 1 fully saturated rings. The summed E-state index contributed by atoms with van der Waals surface area (Å²) >= 11 is 5.73. The van der Waals surface area contributed by atoms with Crippen molar-refractivity contribution >= 4 is 23.7 Å². The molecule has 1 aliphatic heterocycles. The van der Waals surface area contributed by atoms with E-state index in [4.69, 9.17) is 11.6 Å². The fraction of sp³-hybridized carbons (Fsp3) is 0.615. The summed E-state index contributed by atoms with van der Waals surface area (Å²) < 4.78 is 78.6. The summed E-state index contributed by atoms with van der Waals surface area (Å²) in [4.78, 5) is 12.2. The van der Waals surface area contributed by atoms with Crippen LogP contribution < -0.4 is 0 Å². The number of aromatic nitrogens is 2. The third-order valence-corrected chi connectivity index (χ3v) is 4.44. The smallest absolute Gasteiger partial charge is 0.362 e. The minimum atomic E-state index is -5.20. The SMILES string of the molecule is O=C(Cn1nc(C(F)(F)F)c(Cl)c1C1CC1)N1N=CC[C@]1(O)C(F)(F)F. The van der Waals surface area contributed by atoms with Crippen LogP contribution in [0, 0.1) is 0 Å². The molecule has 0 radical (unpaired) electrons. The molecule has 1 atom stereocenters. The third-order valence-electron chi connectivity index (χ3n) is 4.06. The highest BCUT2D eigenvalue weighted by Gasteiger charge is 2.61. The Morgan fingerprint density at radius 2 is 1.92 bits per heavy atom. The zero-order chi connectivity index (χ0) is 19.5. The Morgan fingerprint density at radius 3 is 2.42 bits per heavy atom. The van der Waals surface area contributed by atoms with Crippen molar-refractivity contribution in [3.63, 3.8) is 0 Å². The number of carbonyl (C=O) groups is 1. The van der Waals surface area contributed by atoms with Gasteiger partial charge in [-0.1, -0.05) is 11.6 Å². The average molecular weight is 405 g/mol. The monoisotopic (exact) mass is 404 g/mol. The topological polar surface area (TPSA) is 70.7 Å². The molecule has 0 saturated heterocycles. The van der Waals surface area contributed by atoms with Crippen LogP contribution in [-0.4, -0.2) is 43.9 Å². The fourth-order valence-electron chi connectivity index (χ4n) is 2.63. The predicted octanol–water partition coefficient (Wildman–Crippen LogP) is 2.90. The van der Waals surface area contributed by atoms with Gasteiger partial charge in [-0.3, -0.25) is 9.48 Å². The van der Waals surface area contributed by atoms with Crippen molar-refractivity contribution in [2.24, 2.45) is 5.10 Å². The minimum absolute atomic E-state index is 0.0638. The molecule has 6 nitrogen and oxygen atoms in total. The highest BCUT2D eigenvalue weighted by atomic mass is 35.5. The lowest BCUT2D eigenvalue weighted by Gasteiger charge is -2.32. The molecule has 3 rings (SSSR count). The molecule has 144 valence electrons. The molecule has 2 aliphatic rings. The Morgan fingerprint density at radius 1 is 1.31 bits per heavy atom.